The smallest absolute Gasteiger partial charge is 0.128 e. The number of hydrogen-bond donors (Lipinski definition) is 1. The summed E-state index contributed by atoms with van der Waals surface area (Å²) in [7, 11) is 1.55. The Morgan fingerprint density at radius 1 is 1.10 bits per heavy atom. The normalized spacial score (nSPS) is 12.2. The Morgan fingerprint density at radius 2 is 1.80 bits per heavy atom. The number of rotatable bonds is 6. The molecule has 2 aromatic rings. The van der Waals surface area contributed by atoms with Gasteiger partial charge in [0.25, 0.3) is 0 Å². The molecule has 0 aromatic heterocycles. The molecule has 0 saturated carbocycles. The predicted octanol–water partition coefficient (Wildman–Crippen LogP) is 3.08. The van der Waals surface area contributed by atoms with Crippen molar-refractivity contribution in [1.29, 1.82) is 0 Å². The van der Waals surface area contributed by atoms with E-state index in [2.05, 4.69) is 0 Å². The van der Waals surface area contributed by atoms with Crippen LogP contribution in [-0.2, 0) is 11.3 Å². The highest BCUT2D eigenvalue weighted by atomic mass is 19.1. The standard InChI is InChI=1S/C16H17FO3/c1-19-16-9-5-3-7-13(16)15(18)11-20-10-12-6-2-4-8-14(12)17/h2-9,15,18H,10-11H2,1H3. The predicted molar refractivity (Wildman–Crippen MR) is 74.0 cm³/mol. The summed E-state index contributed by atoms with van der Waals surface area (Å²) in [4.78, 5) is 0. The molecule has 1 unspecified atom stereocenters. The molecule has 4 heteroatoms. The fraction of sp³-hybridized carbons (Fsp3) is 0.250. The Labute approximate surface area is 117 Å². The van der Waals surface area contributed by atoms with Crippen LogP contribution in [-0.4, -0.2) is 18.8 Å². The van der Waals surface area contributed by atoms with E-state index >= 15 is 0 Å². The van der Waals surface area contributed by atoms with Crippen LogP contribution in [0.5, 0.6) is 5.75 Å². The van der Waals surface area contributed by atoms with E-state index in [1.54, 1.807) is 37.4 Å². The number of hydrogen-bond acceptors (Lipinski definition) is 3. The van der Waals surface area contributed by atoms with Crippen molar-refractivity contribution in [2.45, 2.75) is 12.7 Å². The summed E-state index contributed by atoms with van der Waals surface area (Å²) in [5.41, 5.74) is 1.13. The van der Waals surface area contributed by atoms with E-state index in [-0.39, 0.29) is 19.0 Å². The van der Waals surface area contributed by atoms with Gasteiger partial charge in [0.2, 0.25) is 0 Å². The molecule has 0 aliphatic heterocycles. The first-order valence-electron chi connectivity index (χ1n) is 6.34. The van der Waals surface area contributed by atoms with Gasteiger partial charge in [0.05, 0.1) is 20.3 Å². The molecule has 0 aliphatic rings. The van der Waals surface area contributed by atoms with Crippen LogP contribution in [0.25, 0.3) is 0 Å². The van der Waals surface area contributed by atoms with E-state index in [1.807, 2.05) is 12.1 Å². The van der Waals surface area contributed by atoms with Crippen LogP contribution in [0.15, 0.2) is 48.5 Å². The fourth-order valence-corrected chi connectivity index (χ4v) is 1.93. The topological polar surface area (TPSA) is 38.7 Å². The van der Waals surface area contributed by atoms with E-state index < -0.39 is 6.10 Å². The van der Waals surface area contributed by atoms with Gasteiger partial charge in [-0.1, -0.05) is 36.4 Å². The third kappa shape index (κ3) is 3.56. The minimum atomic E-state index is -0.807. The van der Waals surface area contributed by atoms with Gasteiger partial charge in [0, 0.05) is 11.1 Å². The Morgan fingerprint density at radius 3 is 2.55 bits per heavy atom. The molecule has 0 heterocycles. The van der Waals surface area contributed by atoms with E-state index in [4.69, 9.17) is 9.47 Å². The van der Waals surface area contributed by atoms with Gasteiger partial charge in [0.1, 0.15) is 17.7 Å². The molecule has 1 atom stereocenters. The summed E-state index contributed by atoms with van der Waals surface area (Å²) >= 11 is 0. The molecular weight excluding hydrogens is 259 g/mol. The molecule has 0 bridgehead atoms. The quantitative estimate of drug-likeness (QED) is 0.881. The summed E-state index contributed by atoms with van der Waals surface area (Å²) in [5.74, 6) is 0.300. The second-order valence-corrected chi connectivity index (χ2v) is 4.36. The number of aliphatic hydroxyl groups excluding tert-OH is 1. The lowest BCUT2D eigenvalue weighted by Gasteiger charge is -2.15. The number of ether oxygens (including phenoxy) is 2. The number of benzene rings is 2. The molecule has 3 nitrogen and oxygen atoms in total. The van der Waals surface area contributed by atoms with Crippen molar-refractivity contribution in [2.75, 3.05) is 13.7 Å². The Hall–Kier alpha value is -1.91. The Bertz CT molecular complexity index is 557. The largest absolute Gasteiger partial charge is 0.496 e. The zero-order valence-corrected chi connectivity index (χ0v) is 11.3. The van der Waals surface area contributed by atoms with Crippen molar-refractivity contribution in [3.05, 3.63) is 65.5 Å². The molecular formula is C16H17FO3. The van der Waals surface area contributed by atoms with E-state index in [0.717, 1.165) is 0 Å². The SMILES string of the molecule is COc1ccccc1C(O)COCc1ccccc1F. The molecule has 0 fully saturated rings. The molecule has 0 radical (unpaired) electrons. The first-order valence-corrected chi connectivity index (χ1v) is 6.34. The van der Waals surface area contributed by atoms with Crippen LogP contribution >= 0.6 is 0 Å². The molecule has 2 aromatic carbocycles. The monoisotopic (exact) mass is 276 g/mol. The lowest BCUT2D eigenvalue weighted by Crippen LogP contribution is -2.09. The summed E-state index contributed by atoms with van der Waals surface area (Å²) in [5, 5.41) is 10.1. The molecule has 2 rings (SSSR count). The van der Waals surface area contributed by atoms with Gasteiger partial charge in [0.15, 0.2) is 0 Å². The Kier molecular flexibility index (Phi) is 5.09. The summed E-state index contributed by atoms with van der Waals surface area (Å²) < 4.78 is 23.9. The molecule has 0 saturated heterocycles. The first-order chi connectivity index (χ1) is 9.72. The maximum absolute atomic E-state index is 13.4. The molecule has 1 N–H and O–H groups in total. The molecule has 106 valence electrons. The number of halogens is 1. The lowest BCUT2D eigenvalue weighted by atomic mass is 10.1. The first kappa shape index (κ1) is 14.5. The minimum Gasteiger partial charge on any atom is -0.496 e. The van der Waals surface area contributed by atoms with Crippen LogP contribution in [0, 0.1) is 5.82 Å². The van der Waals surface area contributed by atoms with Gasteiger partial charge in [-0.15, -0.1) is 0 Å². The minimum absolute atomic E-state index is 0.0781. The highest BCUT2D eigenvalue weighted by Gasteiger charge is 2.13. The van der Waals surface area contributed by atoms with Crippen LogP contribution < -0.4 is 4.74 Å². The molecule has 20 heavy (non-hydrogen) atoms. The summed E-state index contributed by atoms with van der Waals surface area (Å²) in [6.07, 6.45) is -0.807. The number of aliphatic hydroxyl groups is 1. The maximum atomic E-state index is 13.4. The second kappa shape index (κ2) is 7.03. The van der Waals surface area contributed by atoms with Gasteiger partial charge in [-0.25, -0.2) is 4.39 Å². The van der Waals surface area contributed by atoms with Gasteiger partial charge in [-0.3, -0.25) is 0 Å². The zero-order chi connectivity index (χ0) is 14.4. The van der Waals surface area contributed by atoms with Crippen LogP contribution in [0.3, 0.4) is 0 Å². The fourth-order valence-electron chi connectivity index (χ4n) is 1.93. The highest BCUT2D eigenvalue weighted by molar-refractivity contribution is 5.34. The average Bonchev–Trinajstić information content (AvgIpc) is 2.49. The molecule has 0 aliphatic carbocycles. The summed E-state index contributed by atoms with van der Waals surface area (Å²) in [6, 6.07) is 13.6. The Balaban J connectivity index is 1.92. The third-order valence-electron chi connectivity index (χ3n) is 2.99. The van der Waals surface area contributed by atoms with Crippen LogP contribution in [0.1, 0.15) is 17.2 Å². The van der Waals surface area contributed by atoms with Gasteiger partial charge in [-0.2, -0.15) is 0 Å². The maximum Gasteiger partial charge on any atom is 0.128 e. The lowest BCUT2D eigenvalue weighted by molar-refractivity contribution is 0.0256. The molecule has 0 amide bonds. The van der Waals surface area contributed by atoms with Gasteiger partial charge >= 0.3 is 0 Å². The van der Waals surface area contributed by atoms with Crippen LogP contribution in [0.2, 0.25) is 0 Å². The van der Waals surface area contributed by atoms with Crippen molar-refractivity contribution >= 4 is 0 Å². The summed E-state index contributed by atoms with van der Waals surface area (Å²) in [6.45, 7) is 0.202. The zero-order valence-electron chi connectivity index (χ0n) is 11.3. The van der Waals surface area contributed by atoms with Crippen LogP contribution in [0.4, 0.5) is 4.39 Å². The second-order valence-electron chi connectivity index (χ2n) is 4.36. The van der Waals surface area contributed by atoms with Gasteiger partial charge < -0.3 is 14.6 Å². The number of para-hydroxylation sites is 1. The van der Waals surface area contributed by atoms with E-state index in [0.29, 0.717) is 16.9 Å². The van der Waals surface area contributed by atoms with E-state index in [1.165, 1.54) is 6.07 Å². The van der Waals surface area contributed by atoms with Crippen molar-refractivity contribution in [1.82, 2.24) is 0 Å². The van der Waals surface area contributed by atoms with Crippen molar-refractivity contribution in [3.8, 4) is 5.75 Å². The van der Waals surface area contributed by atoms with Gasteiger partial charge in [-0.05, 0) is 12.1 Å². The number of methoxy groups -OCH3 is 1. The average molecular weight is 276 g/mol. The molecule has 0 spiro atoms. The van der Waals surface area contributed by atoms with E-state index in [9.17, 15) is 9.50 Å². The van der Waals surface area contributed by atoms with Crippen molar-refractivity contribution in [2.24, 2.45) is 0 Å². The van der Waals surface area contributed by atoms with Crippen molar-refractivity contribution < 1.29 is 19.0 Å². The third-order valence-corrected chi connectivity index (χ3v) is 2.99. The highest BCUT2D eigenvalue weighted by Crippen LogP contribution is 2.25. The van der Waals surface area contributed by atoms with Crippen molar-refractivity contribution in [3.63, 3.8) is 0 Å².